The summed E-state index contributed by atoms with van der Waals surface area (Å²) in [6.07, 6.45) is 10.9. The molecule has 0 heterocycles. The molecule has 0 aromatic heterocycles. The molecular weight excluding hydrogens is 894 g/mol. The van der Waals surface area contributed by atoms with Crippen molar-refractivity contribution in [3.8, 4) is 33.4 Å². The molecule has 60 heavy (non-hydrogen) atoms. The van der Waals surface area contributed by atoms with Crippen LogP contribution < -0.4 is 0 Å². The van der Waals surface area contributed by atoms with Crippen LogP contribution in [0.15, 0.2) is 133 Å². The molecule has 0 atom stereocenters. The standard InChI is InChI=1S/C35H37.2C7H6Cl.C5H5.CH2.2ClH.Zr/c1-22-13-9-11-15-26(22)30-18-24-17-25-19-31(27-16-12-10-14-23(27)2)33(35(6,7)8)21-29(25)28(24)20-32(30)34(3,4)5;2*1-6-2-4-7(8)5-3-6;1-2-4-5-3-1;;;;/h9-16,18,20-21H,17H2,1-8H3;2*2-5H,1H2;1-3H,4H2;1H2;2*1H;/q4*-1;;;;. The molecule has 0 spiro atoms. The van der Waals surface area contributed by atoms with Gasteiger partial charge in [-0.15, -0.1) is 60.1 Å². The molecule has 5 heteroatoms. The van der Waals surface area contributed by atoms with Crippen LogP contribution in [-0.2, 0) is 41.5 Å². The van der Waals surface area contributed by atoms with Gasteiger partial charge in [-0.05, 0) is 58.9 Å². The zero-order valence-corrected chi connectivity index (χ0v) is 41.9. The van der Waals surface area contributed by atoms with Crippen molar-refractivity contribution in [3.05, 3.63) is 214 Å². The van der Waals surface area contributed by atoms with Gasteiger partial charge in [0.2, 0.25) is 0 Å². The zero-order valence-electron chi connectivity index (χ0n) is 36.3. The van der Waals surface area contributed by atoms with Crippen molar-refractivity contribution in [1.82, 2.24) is 0 Å². The molecule has 0 fully saturated rings. The molecule has 0 aliphatic heterocycles. The van der Waals surface area contributed by atoms with Gasteiger partial charge >= 0.3 is 28.4 Å². The van der Waals surface area contributed by atoms with Gasteiger partial charge in [0.25, 0.3) is 0 Å². The molecule has 8 rings (SSSR count). The Hall–Kier alpha value is -3.55. The Balaban J connectivity index is 0.000000402. The summed E-state index contributed by atoms with van der Waals surface area (Å²) < 4.78 is 3.34. The maximum atomic E-state index is 5.58. The third kappa shape index (κ3) is 14.5. The Kier molecular flexibility index (Phi) is 21.2. The first kappa shape index (κ1) is 52.6. The van der Waals surface area contributed by atoms with E-state index in [0.29, 0.717) is 0 Å². The Morgan fingerprint density at radius 2 is 1.05 bits per heavy atom. The first-order valence-corrected chi connectivity index (χ1v) is 22.1. The number of benzene rings is 6. The van der Waals surface area contributed by atoms with Gasteiger partial charge in [-0.2, -0.15) is 55.3 Å². The third-order valence-corrected chi connectivity index (χ3v) is 10.4. The van der Waals surface area contributed by atoms with E-state index in [0.717, 1.165) is 34.0 Å². The minimum atomic E-state index is 0. The number of halogens is 4. The molecule has 0 radical (unpaired) electrons. The van der Waals surface area contributed by atoms with Crippen LogP contribution in [0.4, 0.5) is 0 Å². The Morgan fingerprint density at radius 3 is 1.45 bits per heavy atom. The number of hydrogen-bond donors (Lipinski definition) is 0. The number of allylic oxidation sites excluding steroid dienone is 4. The van der Waals surface area contributed by atoms with Gasteiger partial charge in [-0.25, -0.2) is 12.2 Å². The van der Waals surface area contributed by atoms with Crippen LogP contribution in [-0.4, -0.2) is 4.21 Å². The fraction of sp³-hybridized carbons (Fsp3) is 0.218. The Labute approximate surface area is 399 Å². The van der Waals surface area contributed by atoms with Crippen LogP contribution >= 0.6 is 48.0 Å². The summed E-state index contributed by atoms with van der Waals surface area (Å²) in [7, 11) is 0. The van der Waals surface area contributed by atoms with Crippen LogP contribution in [0.25, 0.3) is 33.4 Å². The number of aryl methyl sites for hydroxylation is 2. The van der Waals surface area contributed by atoms with Crippen molar-refractivity contribution in [2.75, 3.05) is 0 Å². The molecule has 0 amide bonds. The topological polar surface area (TPSA) is 0 Å². The second-order valence-electron chi connectivity index (χ2n) is 16.6. The molecule has 6 aromatic carbocycles. The van der Waals surface area contributed by atoms with Crippen molar-refractivity contribution in [3.63, 3.8) is 0 Å². The van der Waals surface area contributed by atoms with Crippen LogP contribution in [0.3, 0.4) is 0 Å². The Bertz CT molecular complexity index is 2130. The van der Waals surface area contributed by atoms with E-state index in [4.69, 9.17) is 23.2 Å². The van der Waals surface area contributed by atoms with Crippen LogP contribution in [0.5, 0.6) is 0 Å². The summed E-state index contributed by atoms with van der Waals surface area (Å²) in [5.74, 6) is 0. The normalized spacial score (nSPS) is 11.6. The number of fused-ring (bicyclic) bond motifs is 3. The molecule has 0 N–H and O–H groups in total. The zero-order chi connectivity index (χ0) is 42.6. The molecule has 6 aromatic rings. The van der Waals surface area contributed by atoms with E-state index in [1.807, 2.05) is 60.7 Å². The monoisotopic (exact) mass is 948 g/mol. The molecule has 0 bridgehead atoms. The average molecular weight is 952 g/mol. The van der Waals surface area contributed by atoms with Crippen molar-refractivity contribution in [1.29, 1.82) is 0 Å². The summed E-state index contributed by atoms with van der Waals surface area (Å²) in [6.45, 7) is 25.8. The van der Waals surface area contributed by atoms with E-state index in [1.54, 1.807) is 0 Å². The van der Waals surface area contributed by atoms with Crippen molar-refractivity contribution in [2.45, 2.75) is 79.1 Å². The van der Waals surface area contributed by atoms with Gasteiger partial charge < -0.3 is 0 Å². The number of hydrogen-bond acceptors (Lipinski definition) is 0. The molecule has 2 aliphatic carbocycles. The maximum absolute atomic E-state index is 5.58. The summed E-state index contributed by atoms with van der Waals surface area (Å²) in [6, 6.07) is 43.7. The van der Waals surface area contributed by atoms with E-state index in [9.17, 15) is 0 Å². The fourth-order valence-electron chi connectivity index (χ4n) is 6.89. The summed E-state index contributed by atoms with van der Waals surface area (Å²) in [5, 5.41) is 1.52. The SMILES string of the molecule is Cc1ccccc1-c1[c-]c2c(cc1C(C)(C)C)-c1cc(C(C)(C)C)c(-c3ccccc3C)cc1C2.Cl.Cl.[C-]1=CC=CC1.[CH2-]c1ccc(Cl)cc1.[CH2-]c1ccc(Cl)cc1.[CH2]=[Zr]. The molecule has 0 saturated heterocycles. The van der Waals surface area contributed by atoms with Crippen LogP contribution in [0.2, 0.25) is 10.0 Å². The predicted octanol–water partition coefficient (Wildman–Crippen LogP) is 16.8. The van der Waals surface area contributed by atoms with Crippen molar-refractivity contribution in [2.24, 2.45) is 0 Å². The molecular formula is C55H58Cl4Zr-4. The average Bonchev–Trinajstić information content (AvgIpc) is 3.89. The van der Waals surface area contributed by atoms with Crippen LogP contribution in [0, 0.1) is 39.8 Å². The molecule has 2 aliphatic rings. The summed E-state index contributed by atoms with van der Waals surface area (Å²) >= 11 is 12.5. The van der Waals surface area contributed by atoms with Gasteiger partial charge in [0.05, 0.1) is 0 Å². The molecule has 314 valence electrons. The van der Waals surface area contributed by atoms with Gasteiger partial charge in [0, 0.05) is 10.0 Å². The van der Waals surface area contributed by atoms with Crippen LogP contribution in [0.1, 0.15) is 92.5 Å². The van der Waals surface area contributed by atoms with Gasteiger partial charge in [0.15, 0.2) is 0 Å². The van der Waals surface area contributed by atoms with E-state index >= 15 is 0 Å². The second-order valence-corrected chi connectivity index (χ2v) is 17.4. The number of rotatable bonds is 2. The predicted molar refractivity (Wildman–Crippen MR) is 266 cm³/mol. The van der Waals surface area contributed by atoms with E-state index < -0.39 is 0 Å². The minimum absolute atomic E-state index is 0. The van der Waals surface area contributed by atoms with Gasteiger partial charge in [-0.3, -0.25) is 6.08 Å². The van der Waals surface area contributed by atoms with E-state index in [2.05, 4.69) is 158 Å². The van der Waals surface area contributed by atoms with Crippen molar-refractivity contribution >= 4 is 52.2 Å². The first-order chi connectivity index (χ1) is 27.5. The van der Waals surface area contributed by atoms with Gasteiger partial charge in [0.1, 0.15) is 0 Å². The van der Waals surface area contributed by atoms with Gasteiger partial charge in [-0.1, -0.05) is 172 Å². The van der Waals surface area contributed by atoms with E-state index in [-0.39, 0.29) is 35.6 Å². The molecule has 0 nitrogen and oxygen atoms in total. The fourth-order valence-corrected chi connectivity index (χ4v) is 7.14. The Morgan fingerprint density at radius 1 is 0.583 bits per heavy atom. The third-order valence-electron chi connectivity index (χ3n) is 9.94. The quantitative estimate of drug-likeness (QED) is 0.152. The molecule has 0 unspecified atom stereocenters. The summed E-state index contributed by atoms with van der Waals surface area (Å²) in [4.78, 5) is 0. The summed E-state index contributed by atoms with van der Waals surface area (Å²) in [5.41, 5.74) is 18.3. The van der Waals surface area contributed by atoms with Crippen molar-refractivity contribution < 1.29 is 24.2 Å². The van der Waals surface area contributed by atoms with E-state index in [1.165, 1.54) is 91.0 Å². The second kappa shape index (κ2) is 24.2. The molecule has 0 saturated carbocycles. The first-order valence-electron chi connectivity index (χ1n) is 19.6.